The number of rotatable bonds is 2. The summed E-state index contributed by atoms with van der Waals surface area (Å²) in [5, 5.41) is 19.0. The van der Waals surface area contributed by atoms with Gasteiger partial charge < -0.3 is 24.4 Å². The van der Waals surface area contributed by atoms with Gasteiger partial charge in [-0.2, -0.15) is 4.98 Å². The van der Waals surface area contributed by atoms with E-state index in [0.717, 1.165) is 6.07 Å². The third kappa shape index (κ3) is 1.71. The van der Waals surface area contributed by atoms with Gasteiger partial charge in [0, 0.05) is 6.07 Å². The van der Waals surface area contributed by atoms with Crippen molar-refractivity contribution in [2.75, 3.05) is 13.7 Å². The van der Waals surface area contributed by atoms with Gasteiger partial charge in [0.1, 0.15) is 17.9 Å². The lowest BCUT2D eigenvalue weighted by molar-refractivity contribution is -0.0443. The van der Waals surface area contributed by atoms with Crippen LogP contribution in [0, 0.1) is 0 Å². The predicted molar refractivity (Wildman–Crippen MR) is 61.3 cm³/mol. The van der Waals surface area contributed by atoms with E-state index in [2.05, 4.69) is 9.72 Å². The molecule has 1 aromatic rings. The quantitative estimate of drug-likeness (QED) is 0.601. The third-order valence-electron chi connectivity index (χ3n) is 3.31. The fourth-order valence-electron chi connectivity index (χ4n) is 2.39. The van der Waals surface area contributed by atoms with Gasteiger partial charge in [-0.25, -0.2) is 4.79 Å². The summed E-state index contributed by atoms with van der Waals surface area (Å²) in [4.78, 5) is 26.8. The number of aromatic nitrogens is 2. The van der Waals surface area contributed by atoms with Gasteiger partial charge in [-0.05, 0) is 0 Å². The Morgan fingerprint density at radius 3 is 3.00 bits per heavy atom. The molecule has 2 aliphatic rings. The van der Waals surface area contributed by atoms with E-state index in [1.807, 2.05) is 0 Å². The molecule has 108 valence electrons. The monoisotopic (exact) mass is 284 g/mol. The molecule has 0 aromatic carbocycles. The molecule has 0 saturated carbocycles. The zero-order chi connectivity index (χ0) is 14.4. The third-order valence-corrected chi connectivity index (χ3v) is 3.31. The van der Waals surface area contributed by atoms with Crippen LogP contribution in [-0.2, 0) is 9.47 Å². The molecule has 1 aromatic heterocycles. The summed E-state index contributed by atoms with van der Waals surface area (Å²) in [6.45, 7) is -0.395. The Balaban J connectivity index is 2.09. The van der Waals surface area contributed by atoms with E-state index >= 15 is 0 Å². The topological polar surface area (TPSA) is 120 Å². The summed E-state index contributed by atoms with van der Waals surface area (Å²) < 4.78 is 16.6. The van der Waals surface area contributed by atoms with E-state index in [4.69, 9.17) is 14.6 Å². The normalized spacial score (nSPS) is 30.6. The highest BCUT2D eigenvalue weighted by atomic mass is 16.6. The lowest BCUT2D eigenvalue weighted by atomic mass is 10.1. The maximum Gasteiger partial charge on any atom is 0.355 e. The van der Waals surface area contributed by atoms with Crippen LogP contribution in [0.3, 0.4) is 0 Å². The van der Waals surface area contributed by atoms with E-state index in [1.165, 1.54) is 11.7 Å². The highest BCUT2D eigenvalue weighted by molar-refractivity contribution is 5.87. The van der Waals surface area contributed by atoms with Gasteiger partial charge in [0.15, 0.2) is 12.3 Å². The lowest BCUT2D eigenvalue weighted by Crippen LogP contribution is -2.34. The minimum atomic E-state index is -1.09. The first-order valence-electron chi connectivity index (χ1n) is 5.89. The Labute approximate surface area is 112 Å². The molecule has 0 amide bonds. The van der Waals surface area contributed by atoms with Crippen LogP contribution in [0.4, 0.5) is 0 Å². The molecule has 9 nitrogen and oxygen atoms in total. The number of ether oxygens (including phenoxy) is 3. The van der Waals surface area contributed by atoms with Gasteiger partial charge in [-0.15, -0.1) is 0 Å². The number of aliphatic hydroxyl groups excluding tert-OH is 2. The molecule has 2 N–H and O–H groups in total. The fourth-order valence-corrected chi connectivity index (χ4v) is 2.39. The summed E-state index contributed by atoms with van der Waals surface area (Å²) >= 11 is 0. The van der Waals surface area contributed by atoms with Crippen LogP contribution in [0.15, 0.2) is 10.9 Å². The molecule has 0 spiro atoms. The van der Waals surface area contributed by atoms with Crippen molar-refractivity contribution in [1.82, 2.24) is 9.55 Å². The Hall–Kier alpha value is -1.97. The minimum absolute atomic E-state index is 0.0826. The highest BCUT2D eigenvalue weighted by Crippen LogP contribution is 2.39. The van der Waals surface area contributed by atoms with Crippen molar-refractivity contribution in [1.29, 1.82) is 0 Å². The second-order valence-electron chi connectivity index (χ2n) is 4.44. The van der Waals surface area contributed by atoms with Crippen LogP contribution >= 0.6 is 0 Å². The second-order valence-corrected chi connectivity index (χ2v) is 4.44. The zero-order valence-electron chi connectivity index (χ0n) is 10.4. The highest BCUT2D eigenvalue weighted by Gasteiger charge is 2.52. The van der Waals surface area contributed by atoms with Crippen LogP contribution in [-0.4, -0.2) is 57.8 Å². The molecule has 3 heterocycles. The average Bonchev–Trinajstić information content (AvgIpc) is 2.93. The number of hydrogen-bond acceptors (Lipinski definition) is 8. The average molecular weight is 284 g/mol. The van der Waals surface area contributed by atoms with E-state index in [0.29, 0.717) is 0 Å². The Morgan fingerprint density at radius 1 is 1.60 bits per heavy atom. The Morgan fingerprint density at radius 2 is 2.35 bits per heavy atom. The standard InChI is InChI=1S/C11H12N2O7/c1-18-10(17)4-2-6(15)12-11-13(4)9-8(20-11)7(16)5(3-14)19-9/h2,5,7-9,14,16H,3H2,1H3/t5-,7-,8-,9-/m1/s1. The lowest BCUT2D eigenvalue weighted by Gasteiger charge is -2.15. The number of fused-ring (bicyclic) bond motifs is 3. The SMILES string of the molecule is COC(=O)c1cc(=O)nc2n1[C@@H]1O[C@H](CO)[C@@H](O)[C@H]1O2. The molecule has 0 bridgehead atoms. The summed E-state index contributed by atoms with van der Waals surface area (Å²) in [6.07, 6.45) is -3.61. The summed E-state index contributed by atoms with van der Waals surface area (Å²) in [7, 11) is 1.17. The largest absolute Gasteiger partial charge is 0.464 e. The van der Waals surface area contributed by atoms with Crippen LogP contribution in [0.5, 0.6) is 6.01 Å². The maximum atomic E-state index is 11.7. The summed E-state index contributed by atoms with van der Waals surface area (Å²) in [5.41, 5.74) is -0.745. The Bertz CT molecular complexity index is 613. The molecule has 3 rings (SSSR count). The molecule has 0 unspecified atom stereocenters. The smallest absolute Gasteiger partial charge is 0.355 e. The van der Waals surface area contributed by atoms with Gasteiger partial charge in [0.25, 0.3) is 5.56 Å². The van der Waals surface area contributed by atoms with E-state index < -0.39 is 42.7 Å². The maximum absolute atomic E-state index is 11.7. The number of esters is 1. The van der Waals surface area contributed by atoms with E-state index in [1.54, 1.807) is 0 Å². The summed E-state index contributed by atoms with van der Waals surface area (Å²) in [5.74, 6) is -0.750. The van der Waals surface area contributed by atoms with E-state index in [9.17, 15) is 14.7 Å². The second kappa shape index (κ2) is 4.54. The van der Waals surface area contributed by atoms with Crippen molar-refractivity contribution >= 4 is 5.97 Å². The first-order valence-corrected chi connectivity index (χ1v) is 5.89. The molecular weight excluding hydrogens is 272 g/mol. The van der Waals surface area contributed by atoms with Crippen LogP contribution in [0.25, 0.3) is 0 Å². The number of methoxy groups -OCH3 is 1. The van der Waals surface area contributed by atoms with Crippen molar-refractivity contribution in [3.63, 3.8) is 0 Å². The Kier molecular flexibility index (Phi) is 2.96. The molecule has 0 aliphatic carbocycles. The number of carbonyl (C=O) groups is 1. The molecule has 2 aliphatic heterocycles. The number of aliphatic hydroxyl groups is 2. The van der Waals surface area contributed by atoms with Crippen molar-refractivity contribution in [2.24, 2.45) is 0 Å². The molecular formula is C11H12N2O7. The molecule has 20 heavy (non-hydrogen) atoms. The molecule has 4 atom stereocenters. The summed E-state index contributed by atoms with van der Waals surface area (Å²) in [6, 6.07) is 0.881. The van der Waals surface area contributed by atoms with Crippen LogP contribution in [0.1, 0.15) is 16.7 Å². The fraction of sp³-hybridized carbons (Fsp3) is 0.545. The predicted octanol–water partition coefficient (Wildman–Crippen LogP) is -1.96. The molecule has 1 fully saturated rings. The van der Waals surface area contributed by atoms with Crippen LogP contribution in [0.2, 0.25) is 0 Å². The van der Waals surface area contributed by atoms with Gasteiger partial charge in [0.2, 0.25) is 0 Å². The first kappa shape index (κ1) is 13.0. The van der Waals surface area contributed by atoms with Crippen molar-refractivity contribution in [2.45, 2.75) is 24.5 Å². The zero-order valence-corrected chi connectivity index (χ0v) is 10.4. The van der Waals surface area contributed by atoms with Gasteiger partial charge in [0.05, 0.1) is 13.7 Å². The molecule has 1 saturated heterocycles. The van der Waals surface area contributed by atoms with Crippen molar-refractivity contribution in [3.8, 4) is 6.01 Å². The first-order chi connectivity index (χ1) is 9.56. The van der Waals surface area contributed by atoms with Gasteiger partial charge >= 0.3 is 12.0 Å². The van der Waals surface area contributed by atoms with Crippen molar-refractivity contribution < 1.29 is 29.2 Å². The molecule has 0 radical (unpaired) electrons. The van der Waals surface area contributed by atoms with Gasteiger partial charge in [-0.3, -0.25) is 9.36 Å². The van der Waals surface area contributed by atoms with Crippen LogP contribution < -0.4 is 10.3 Å². The number of nitrogens with zero attached hydrogens (tertiary/aromatic N) is 2. The molecule has 9 heteroatoms. The number of hydrogen-bond donors (Lipinski definition) is 2. The van der Waals surface area contributed by atoms with Gasteiger partial charge in [-0.1, -0.05) is 0 Å². The van der Waals surface area contributed by atoms with Crippen molar-refractivity contribution in [3.05, 3.63) is 22.1 Å². The number of carbonyl (C=O) groups excluding carboxylic acids is 1. The van der Waals surface area contributed by atoms with E-state index in [-0.39, 0.29) is 11.7 Å². The minimum Gasteiger partial charge on any atom is -0.464 e.